The fourth-order valence-electron chi connectivity index (χ4n) is 3.16. The van der Waals surface area contributed by atoms with Crippen LogP contribution in [0.15, 0.2) is 36.8 Å². The van der Waals surface area contributed by atoms with Gasteiger partial charge in [0.25, 0.3) is 5.91 Å². The van der Waals surface area contributed by atoms with Gasteiger partial charge in [-0.15, -0.1) is 0 Å². The number of carboxylic acid groups (broad SMARTS) is 1. The van der Waals surface area contributed by atoms with E-state index in [9.17, 15) is 19.2 Å². The van der Waals surface area contributed by atoms with Crippen molar-refractivity contribution in [2.45, 2.75) is 40.5 Å². The maximum atomic E-state index is 13.1. The molecule has 0 aliphatic heterocycles. The van der Waals surface area contributed by atoms with Crippen molar-refractivity contribution >= 4 is 47.4 Å². The van der Waals surface area contributed by atoms with Crippen LogP contribution in [-0.2, 0) is 23.9 Å². The van der Waals surface area contributed by atoms with Gasteiger partial charge in [0.1, 0.15) is 11.8 Å². The van der Waals surface area contributed by atoms with E-state index in [-0.39, 0.29) is 24.2 Å². The van der Waals surface area contributed by atoms with Crippen LogP contribution in [-0.4, -0.2) is 56.8 Å². The van der Waals surface area contributed by atoms with E-state index in [1.807, 2.05) is 13.8 Å². The number of fused-ring (bicyclic) bond motifs is 1. The zero-order valence-corrected chi connectivity index (χ0v) is 21.4. The molecule has 3 rings (SSSR count). The van der Waals surface area contributed by atoms with Crippen LogP contribution in [0.4, 0.5) is 16.3 Å². The molecule has 0 fully saturated rings. The Hall–Kier alpha value is -5.01. The van der Waals surface area contributed by atoms with Crippen LogP contribution >= 0.6 is 0 Å². The Morgan fingerprint density at radius 1 is 1.11 bits per heavy atom. The minimum absolute atomic E-state index is 0.117. The number of esters is 1. The minimum Gasteiger partial charge on any atom is -0.481 e. The summed E-state index contributed by atoms with van der Waals surface area (Å²) in [7, 11) is 0. The highest BCUT2D eigenvalue weighted by molar-refractivity contribution is 6.03. The molecule has 0 aliphatic carbocycles. The first-order chi connectivity index (χ1) is 18.1. The first kappa shape index (κ1) is 31.0. The third-order valence-electron chi connectivity index (χ3n) is 4.77. The van der Waals surface area contributed by atoms with Gasteiger partial charge in [0, 0.05) is 6.20 Å². The first-order valence-corrected chi connectivity index (χ1v) is 11.3. The second-order valence-corrected chi connectivity index (χ2v) is 7.11. The Morgan fingerprint density at radius 2 is 1.74 bits per heavy atom. The number of hydrogen-bond acceptors (Lipinski definition) is 9. The summed E-state index contributed by atoms with van der Waals surface area (Å²) in [6.45, 7) is 6.70. The van der Waals surface area contributed by atoms with Crippen LogP contribution in [0.3, 0.4) is 0 Å². The van der Waals surface area contributed by atoms with Crippen LogP contribution < -0.4 is 16.4 Å². The number of aliphatic carboxylic acids is 1. The van der Waals surface area contributed by atoms with Crippen molar-refractivity contribution in [3.8, 4) is 0 Å². The predicted molar refractivity (Wildman–Crippen MR) is 135 cm³/mol. The second kappa shape index (κ2) is 15.2. The molecule has 0 bridgehead atoms. The normalized spacial score (nSPS) is 9.68. The molecule has 0 saturated carbocycles. The summed E-state index contributed by atoms with van der Waals surface area (Å²) >= 11 is 0. The van der Waals surface area contributed by atoms with Gasteiger partial charge in [-0.05, 0) is 31.0 Å². The Bertz CT molecular complexity index is 1290. The molecule has 0 aliphatic rings. The fourth-order valence-corrected chi connectivity index (χ4v) is 3.16. The summed E-state index contributed by atoms with van der Waals surface area (Å²) in [5.41, 5.74) is 11.8. The highest BCUT2D eigenvalue weighted by Gasteiger charge is 2.27. The summed E-state index contributed by atoms with van der Waals surface area (Å²) in [4.78, 5) is 61.1. The smallest absolute Gasteiger partial charge is 0.423 e. The van der Waals surface area contributed by atoms with Crippen LogP contribution in [0.2, 0.25) is 0 Å². The van der Waals surface area contributed by atoms with Gasteiger partial charge < -0.3 is 26.0 Å². The highest BCUT2D eigenvalue weighted by Crippen LogP contribution is 2.33. The molecule has 2 heterocycles. The number of nitrogens with two attached hydrogens (primary N) is 2. The van der Waals surface area contributed by atoms with Crippen LogP contribution in [0.1, 0.15) is 48.2 Å². The molecular formula is C24H30N6O8. The number of para-hydroxylation sites is 1. The highest BCUT2D eigenvalue weighted by atomic mass is 16.7. The van der Waals surface area contributed by atoms with Gasteiger partial charge in [0.15, 0.2) is 5.82 Å². The molecule has 0 atom stereocenters. The molecule has 204 valence electrons. The van der Waals surface area contributed by atoms with E-state index in [4.69, 9.17) is 25.1 Å². The van der Waals surface area contributed by atoms with E-state index in [0.717, 1.165) is 4.90 Å². The van der Waals surface area contributed by atoms with Gasteiger partial charge in [-0.3, -0.25) is 19.2 Å². The minimum atomic E-state index is -1.15. The van der Waals surface area contributed by atoms with E-state index >= 15 is 0 Å². The molecule has 14 nitrogen and oxygen atoms in total. The molecule has 1 aromatic carbocycles. The van der Waals surface area contributed by atoms with Gasteiger partial charge in [-0.1, -0.05) is 32.0 Å². The monoisotopic (exact) mass is 530 g/mol. The summed E-state index contributed by atoms with van der Waals surface area (Å²) in [6, 6.07) is 6.95. The number of ether oxygens (including phenoxy) is 2. The summed E-state index contributed by atoms with van der Waals surface area (Å²) in [5.74, 6) is -2.53. The average molecular weight is 531 g/mol. The van der Waals surface area contributed by atoms with Gasteiger partial charge >= 0.3 is 18.0 Å². The quantitative estimate of drug-likeness (QED) is 0.219. The largest absolute Gasteiger partial charge is 0.481 e. The number of primary amides is 2. The predicted octanol–water partition coefficient (Wildman–Crippen LogP) is 2.21. The van der Waals surface area contributed by atoms with Crippen LogP contribution in [0, 0.1) is 13.8 Å². The molecule has 0 saturated heterocycles. The van der Waals surface area contributed by atoms with E-state index in [2.05, 4.69) is 15.8 Å². The zero-order chi connectivity index (χ0) is 28.8. The molecule has 3 amide bonds. The van der Waals surface area contributed by atoms with Crippen molar-refractivity contribution in [1.82, 2.24) is 14.6 Å². The van der Waals surface area contributed by atoms with E-state index in [0.29, 0.717) is 22.3 Å². The molecule has 3 aromatic rings. The van der Waals surface area contributed by atoms with Gasteiger partial charge in [0.05, 0.1) is 24.1 Å². The van der Waals surface area contributed by atoms with Crippen molar-refractivity contribution in [1.29, 1.82) is 0 Å². The molecule has 0 unspecified atom stereocenters. The van der Waals surface area contributed by atoms with Crippen molar-refractivity contribution < 1.29 is 38.6 Å². The van der Waals surface area contributed by atoms with Crippen molar-refractivity contribution in [3.05, 3.63) is 53.5 Å². The number of benzene rings is 1. The zero-order valence-electron chi connectivity index (χ0n) is 21.4. The van der Waals surface area contributed by atoms with Crippen molar-refractivity contribution in [3.63, 3.8) is 0 Å². The Morgan fingerprint density at radius 3 is 2.32 bits per heavy atom. The summed E-state index contributed by atoms with van der Waals surface area (Å²) in [5, 5.41) is 12.7. The number of aromatic nitrogens is 3. The number of aryl methyl sites for hydroxylation is 2. The number of carbonyl (C=O) groups excluding carboxylic acids is 4. The number of anilines is 2. The third kappa shape index (κ3) is 8.01. The lowest BCUT2D eigenvalue weighted by atomic mass is 10.1. The number of rotatable bonds is 8. The molecule has 0 radical (unpaired) electrons. The first-order valence-electron chi connectivity index (χ1n) is 11.3. The SMILES string of the molecule is CC.Cc1ccccc1N(C(=O)OCOC(=O)CCC(=O)O)c1ncnn2cc(C(N)=O)c(C)c12.NC=O. The summed E-state index contributed by atoms with van der Waals surface area (Å²) in [6.07, 6.45) is 1.20. The van der Waals surface area contributed by atoms with Gasteiger partial charge in [0.2, 0.25) is 13.2 Å². The molecule has 38 heavy (non-hydrogen) atoms. The molecule has 2 aromatic heterocycles. The average Bonchev–Trinajstić information content (AvgIpc) is 3.23. The second-order valence-electron chi connectivity index (χ2n) is 7.11. The third-order valence-corrected chi connectivity index (χ3v) is 4.77. The number of carboxylic acids is 1. The molecular weight excluding hydrogens is 500 g/mol. The van der Waals surface area contributed by atoms with Crippen molar-refractivity contribution in [2.75, 3.05) is 11.7 Å². The van der Waals surface area contributed by atoms with Crippen LogP contribution in [0.5, 0.6) is 0 Å². The topological polar surface area (TPSA) is 210 Å². The molecule has 5 N–H and O–H groups in total. The maximum absolute atomic E-state index is 13.1. The fraction of sp³-hybridized carbons (Fsp3) is 0.292. The lowest BCUT2D eigenvalue weighted by Gasteiger charge is -2.23. The Kier molecular flexibility index (Phi) is 12.4. The Balaban J connectivity index is 0.00000135. The molecule has 0 spiro atoms. The van der Waals surface area contributed by atoms with Gasteiger partial charge in [-0.25, -0.2) is 19.2 Å². The Labute approximate surface area is 218 Å². The standard InChI is InChI=1S/C21H21N5O7.C2H6.CH3NO/c1-12-5-3-4-6-15(12)26(21(31)33-11-32-17(29)8-7-16(27)28)20-18-13(2)14(19(22)30)9-25(18)24-10-23-20;1-2;2-1-3/h3-6,9-10H,7-8,11H2,1-2H3,(H2,22,30)(H,27,28);1-2H3;1H,(H2,2,3). The lowest BCUT2D eigenvalue weighted by Crippen LogP contribution is -2.30. The van der Waals surface area contributed by atoms with Gasteiger partial charge in [-0.2, -0.15) is 5.10 Å². The number of nitrogens with zero attached hydrogens (tertiary/aromatic N) is 4. The molecule has 14 heteroatoms. The maximum Gasteiger partial charge on any atom is 0.423 e. The van der Waals surface area contributed by atoms with Crippen molar-refractivity contribution in [2.24, 2.45) is 11.5 Å². The summed E-state index contributed by atoms with van der Waals surface area (Å²) < 4.78 is 11.3. The number of carbonyl (C=O) groups is 5. The lowest BCUT2D eigenvalue weighted by molar-refractivity contribution is -0.154. The van der Waals surface area contributed by atoms with E-state index in [1.165, 1.54) is 17.0 Å². The van der Waals surface area contributed by atoms with Crippen LogP contribution in [0.25, 0.3) is 5.52 Å². The number of hydrogen-bond donors (Lipinski definition) is 3. The van der Waals surface area contributed by atoms with E-state index in [1.54, 1.807) is 38.1 Å². The van der Waals surface area contributed by atoms with E-state index < -0.39 is 37.2 Å². The number of amides is 3.